The minimum Gasteiger partial charge on any atom is -0.207 e. The fourth-order valence-corrected chi connectivity index (χ4v) is 1.89. The molecule has 0 radical (unpaired) electrons. The second-order valence-corrected chi connectivity index (χ2v) is 4.25. The smallest absolute Gasteiger partial charge is 0.123 e. The van der Waals surface area contributed by atoms with Gasteiger partial charge in [-0.3, -0.25) is 0 Å². The van der Waals surface area contributed by atoms with Gasteiger partial charge in [0.2, 0.25) is 0 Å². The molecule has 82 valence electrons. The average Bonchev–Trinajstić information content (AvgIpc) is 2.30. The van der Waals surface area contributed by atoms with Gasteiger partial charge in [-0.15, -0.1) is 0 Å². The Balaban J connectivity index is 2.51. The molecule has 0 N–H and O–H groups in total. The van der Waals surface area contributed by atoms with Crippen molar-refractivity contribution >= 4 is 0 Å². The third-order valence-electron chi connectivity index (χ3n) is 2.74. The molecule has 1 heteroatoms. The summed E-state index contributed by atoms with van der Waals surface area (Å²) >= 11 is 0. The lowest BCUT2D eigenvalue weighted by molar-refractivity contribution is 0.628. The summed E-state index contributed by atoms with van der Waals surface area (Å²) in [6.07, 6.45) is 0. The minimum atomic E-state index is -0.189. The van der Waals surface area contributed by atoms with Crippen LogP contribution in [0.5, 0.6) is 0 Å². The summed E-state index contributed by atoms with van der Waals surface area (Å²) in [6.45, 7) is 4.34. The topological polar surface area (TPSA) is 0 Å². The first kappa shape index (κ1) is 10.9. The lowest BCUT2D eigenvalue weighted by atomic mass is 9.93. The molecule has 0 aliphatic carbocycles. The molecule has 0 saturated heterocycles. The molecule has 2 aromatic rings. The second-order valence-electron chi connectivity index (χ2n) is 4.25. The summed E-state index contributed by atoms with van der Waals surface area (Å²) in [7, 11) is 0. The Morgan fingerprint density at radius 2 is 1.50 bits per heavy atom. The van der Waals surface area contributed by atoms with E-state index in [-0.39, 0.29) is 5.82 Å². The Kier molecular flexibility index (Phi) is 3.04. The van der Waals surface area contributed by atoms with Crippen LogP contribution in [0.1, 0.15) is 25.3 Å². The van der Waals surface area contributed by atoms with Crippen molar-refractivity contribution in [1.29, 1.82) is 0 Å². The predicted octanol–water partition coefficient (Wildman–Crippen LogP) is 4.62. The van der Waals surface area contributed by atoms with Gasteiger partial charge in [-0.2, -0.15) is 0 Å². The molecule has 0 aromatic heterocycles. The van der Waals surface area contributed by atoms with Crippen molar-refractivity contribution in [3.63, 3.8) is 0 Å². The molecule has 0 amide bonds. The third-order valence-corrected chi connectivity index (χ3v) is 2.74. The molecule has 0 spiro atoms. The Labute approximate surface area is 95.7 Å². The first-order valence-electron chi connectivity index (χ1n) is 5.53. The minimum absolute atomic E-state index is 0.189. The van der Waals surface area contributed by atoms with E-state index in [0.29, 0.717) is 5.92 Å². The molecule has 0 saturated carbocycles. The van der Waals surface area contributed by atoms with Gasteiger partial charge in [0.15, 0.2) is 0 Å². The molecule has 0 atom stereocenters. The van der Waals surface area contributed by atoms with Crippen molar-refractivity contribution < 1.29 is 4.39 Å². The van der Waals surface area contributed by atoms with Gasteiger partial charge in [0, 0.05) is 0 Å². The predicted molar refractivity (Wildman–Crippen MR) is 65.9 cm³/mol. The lowest BCUT2D eigenvalue weighted by Gasteiger charge is -2.12. The molecular weight excluding hydrogens is 199 g/mol. The van der Waals surface area contributed by atoms with Gasteiger partial charge in [0.05, 0.1) is 0 Å². The van der Waals surface area contributed by atoms with Crippen LogP contribution in [0.3, 0.4) is 0 Å². The Hall–Kier alpha value is -1.63. The molecule has 2 rings (SSSR count). The van der Waals surface area contributed by atoms with Crippen LogP contribution in [-0.2, 0) is 0 Å². The lowest BCUT2D eigenvalue weighted by Crippen LogP contribution is -1.91. The van der Waals surface area contributed by atoms with Gasteiger partial charge in [-0.05, 0) is 34.7 Å². The van der Waals surface area contributed by atoms with Crippen LogP contribution in [0.4, 0.5) is 4.39 Å². The van der Waals surface area contributed by atoms with Crippen molar-refractivity contribution in [2.45, 2.75) is 19.8 Å². The molecule has 16 heavy (non-hydrogen) atoms. The average molecular weight is 214 g/mol. The van der Waals surface area contributed by atoms with Crippen molar-refractivity contribution in [2.75, 3.05) is 0 Å². The van der Waals surface area contributed by atoms with Crippen molar-refractivity contribution in [3.8, 4) is 11.1 Å². The number of rotatable bonds is 2. The van der Waals surface area contributed by atoms with Crippen molar-refractivity contribution in [1.82, 2.24) is 0 Å². The fraction of sp³-hybridized carbons (Fsp3) is 0.200. The first-order chi connectivity index (χ1) is 7.68. The Bertz CT molecular complexity index is 469. The second kappa shape index (κ2) is 4.48. The van der Waals surface area contributed by atoms with Crippen molar-refractivity contribution in [2.24, 2.45) is 0 Å². The van der Waals surface area contributed by atoms with E-state index in [0.717, 1.165) is 5.56 Å². The van der Waals surface area contributed by atoms with E-state index in [4.69, 9.17) is 0 Å². The molecule has 0 aliphatic rings. The molecule has 0 bridgehead atoms. The Morgan fingerprint density at radius 3 is 2.12 bits per heavy atom. The number of hydrogen-bond acceptors (Lipinski definition) is 0. The first-order valence-corrected chi connectivity index (χ1v) is 5.53. The van der Waals surface area contributed by atoms with E-state index in [1.807, 2.05) is 24.3 Å². The zero-order valence-electron chi connectivity index (χ0n) is 9.57. The van der Waals surface area contributed by atoms with Crippen LogP contribution in [0.15, 0.2) is 48.5 Å². The van der Waals surface area contributed by atoms with E-state index in [2.05, 4.69) is 26.0 Å². The highest BCUT2D eigenvalue weighted by Crippen LogP contribution is 2.28. The van der Waals surface area contributed by atoms with E-state index in [9.17, 15) is 4.39 Å². The summed E-state index contributed by atoms with van der Waals surface area (Å²) in [5, 5.41) is 0. The third kappa shape index (κ3) is 2.13. The van der Waals surface area contributed by atoms with Crippen molar-refractivity contribution in [3.05, 3.63) is 59.9 Å². The maximum absolute atomic E-state index is 12.9. The summed E-state index contributed by atoms with van der Waals surface area (Å²) in [4.78, 5) is 0. The monoisotopic (exact) mass is 214 g/mol. The van der Waals surface area contributed by atoms with Crippen LogP contribution in [0.25, 0.3) is 11.1 Å². The molecule has 0 unspecified atom stereocenters. The largest absolute Gasteiger partial charge is 0.207 e. The Morgan fingerprint density at radius 1 is 0.875 bits per heavy atom. The highest BCUT2D eigenvalue weighted by molar-refractivity contribution is 5.67. The van der Waals surface area contributed by atoms with Crippen LogP contribution in [-0.4, -0.2) is 0 Å². The zero-order valence-corrected chi connectivity index (χ0v) is 9.57. The SMILES string of the molecule is CC(C)c1ccccc1-c1ccc(F)cc1. The molecule has 0 nitrogen and oxygen atoms in total. The fourth-order valence-electron chi connectivity index (χ4n) is 1.89. The number of hydrogen-bond donors (Lipinski definition) is 0. The van der Waals surface area contributed by atoms with Crippen LogP contribution >= 0.6 is 0 Å². The molecule has 0 aliphatic heterocycles. The highest BCUT2D eigenvalue weighted by atomic mass is 19.1. The zero-order chi connectivity index (χ0) is 11.5. The maximum Gasteiger partial charge on any atom is 0.123 e. The standard InChI is InChI=1S/C15H15F/c1-11(2)14-5-3-4-6-15(14)12-7-9-13(16)10-8-12/h3-11H,1-2H3. The van der Waals surface area contributed by atoms with Gasteiger partial charge in [-0.25, -0.2) is 4.39 Å². The van der Waals surface area contributed by atoms with E-state index in [1.165, 1.54) is 23.3 Å². The van der Waals surface area contributed by atoms with E-state index < -0.39 is 0 Å². The van der Waals surface area contributed by atoms with E-state index >= 15 is 0 Å². The molecule has 0 fully saturated rings. The van der Waals surface area contributed by atoms with Crippen LogP contribution in [0.2, 0.25) is 0 Å². The summed E-state index contributed by atoms with van der Waals surface area (Å²) < 4.78 is 12.9. The molecular formula is C15H15F. The van der Waals surface area contributed by atoms with Gasteiger partial charge in [0.25, 0.3) is 0 Å². The number of benzene rings is 2. The molecule has 0 heterocycles. The highest BCUT2D eigenvalue weighted by Gasteiger charge is 2.07. The molecule has 2 aromatic carbocycles. The van der Waals surface area contributed by atoms with Gasteiger partial charge >= 0.3 is 0 Å². The van der Waals surface area contributed by atoms with Crippen LogP contribution in [0, 0.1) is 5.82 Å². The summed E-state index contributed by atoms with van der Waals surface area (Å²) in [5.41, 5.74) is 3.57. The number of halogens is 1. The van der Waals surface area contributed by atoms with Crippen LogP contribution < -0.4 is 0 Å². The maximum atomic E-state index is 12.9. The quantitative estimate of drug-likeness (QED) is 0.684. The van der Waals surface area contributed by atoms with Gasteiger partial charge < -0.3 is 0 Å². The van der Waals surface area contributed by atoms with E-state index in [1.54, 1.807) is 0 Å². The normalized spacial score (nSPS) is 10.8. The summed E-state index contributed by atoms with van der Waals surface area (Å²) in [6, 6.07) is 14.9. The van der Waals surface area contributed by atoms with Gasteiger partial charge in [-0.1, -0.05) is 50.2 Å². The van der Waals surface area contributed by atoms with Gasteiger partial charge in [0.1, 0.15) is 5.82 Å². The summed E-state index contributed by atoms with van der Waals surface area (Å²) in [5.74, 6) is 0.284.